The molecule has 1 saturated carbocycles. The molecule has 1 aromatic rings. The molecule has 2 aliphatic rings. The topological polar surface area (TPSA) is 49.8 Å². The van der Waals surface area contributed by atoms with Crippen LogP contribution in [0, 0.1) is 11.7 Å². The van der Waals surface area contributed by atoms with Gasteiger partial charge in [-0.25, -0.2) is 4.39 Å². The summed E-state index contributed by atoms with van der Waals surface area (Å²) in [5.74, 6) is 0.566. The Morgan fingerprint density at radius 2 is 2.09 bits per heavy atom. The number of likely N-dealkylation sites (N-methyl/N-ethyl adjacent to an activating group) is 1. The van der Waals surface area contributed by atoms with E-state index in [9.17, 15) is 14.3 Å². The minimum Gasteiger partial charge on any atom is -0.488 e. The van der Waals surface area contributed by atoms with Crippen LogP contribution in [-0.2, 0) is 4.79 Å². The van der Waals surface area contributed by atoms with Crippen molar-refractivity contribution in [3.63, 3.8) is 0 Å². The van der Waals surface area contributed by atoms with E-state index in [1.165, 1.54) is 12.1 Å². The molecule has 0 atom stereocenters. The molecule has 1 fully saturated rings. The highest BCUT2D eigenvalue weighted by molar-refractivity contribution is 5.99. The molecule has 0 bridgehead atoms. The minimum atomic E-state index is -0.340. The van der Waals surface area contributed by atoms with Crippen LogP contribution in [0.1, 0.15) is 31.2 Å². The van der Waals surface area contributed by atoms with Gasteiger partial charge in [-0.3, -0.25) is 4.79 Å². The molecule has 0 spiro atoms. The molecule has 3 rings (SSSR count). The summed E-state index contributed by atoms with van der Waals surface area (Å²) >= 11 is 0. The molecule has 5 heteroatoms. The second-order valence-corrected chi connectivity index (χ2v) is 6.41. The summed E-state index contributed by atoms with van der Waals surface area (Å²) in [7, 11) is 1.81. The van der Waals surface area contributed by atoms with Crippen molar-refractivity contribution in [2.24, 2.45) is 5.92 Å². The number of amides is 1. The molecular weight excluding hydrogens is 297 g/mol. The van der Waals surface area contributed by atoms with E-state index < -0.39 is 0 Å². The van der Waals surface area contributed by atoms with Gasteiger partial charge in [-0.15, -0.1) is 0 Å². The second kappa shape index (κ2) is 6.71. The van der Waals surface area contributed by atoms with Gasteiger partial charge in [0.25, 0.3) is 5.91 Å². The standard InChI is InChI=1S/C18H22FNO3/c1-20(16-5-2-12(10-21)3-6-16)18(22)14-8-13-9-15(19)4-7-17(13)23-11-14/h4,7-9,12,16,21H,2-3,5-6,10-11H2,1H3. The molecule has 1 N–H and O–H groups in total. The van der Waals surface area contributed by atoms with Crippen molar-refractivity contribution in [3.05, 3.63) is 35.2 Å². The maximum atomic E-state index is 13.3. The van der Waals surface area contributed by atoms with Gasteiger partial charge in [-0.05, 0) is 55.9 Å². The quantitative estimate of drug-likeness (QED) is 0.932. The summed E-state index contributed by atoms with van der Waals surface area (Å²) in [6.07, 6.45) is 5.44. The highest BCUT2D eigenvalue weighted by atomic mass is 19.1. The summed E-state index contributed by atoms with van der Waals surface area (Å²) in [4.78, 5) is 14.4. The van der Waals surface area contributed by atoms with Crippen molar-refractivity contribution in [1.29, 1.82) is 0 Å². The number of aliphatic hydroxyl groups is 1. The summed E-state index contributed by atoms with van der Waals surface area (Å²) in [6.45, 7) is 0.444. The Bertz CT molecular complexity index is 621. The lowest BCUT2D eigenvalue weighted by atomic mass is 9.86. The molecule has 1 amide bonds. The van der Waals surface area contributed by atoms with Gasteiger partial charge in [0.15, 0.2) is 0 Å². The molecule has 1 aliphatic carbocycles. The van der Waals surface area contributed by atoms with E-state index in [1.54, 1.807) is 17.0 Å². The van der Waals surface area contributed by atoms with Crippen molar-refractivity contribution in [2.45, 2.75) is 31.7 Å². The number of hydrogen-bond donors (Lipinski definition) is 1. The Kier molecular flexibility index (Phi) is 4.66. The van der Waals surface area contributed by atoms with E-state index >= 15 is 0 Å². The SMILES string of the molecule is CN(C(=O)C1=Cc2cc(F)ccc2OC1)C1CCC(CO)CC1. The third-order valence-corrected chi connectivity index (χ3v) is 4.90. The smallest absolute Gasteiger partial charge is 0.253 e. The normalized spacial score (nSPS) is 23.5. The Hall–Kier alpha value is -1.88. The van der Waals surface area contributed by atoms with Crippen LogP contribution in [0.3, 0.4) is 0 Å². The molecule has 23 heavy (non-hydrogen) atoms. The van der Waals surface area contributed by atoms with E-state index in [0.717, 1.165) is 25.7 Å². The van der Waals surface area contributed by atoms with Crippen LogP contribution in [0.5, 0.6) is 5.75 Å². The number of aliphatic hydroxyl groups excluding tert-OH is 1. The number of rotatable bonds is 3. The van der Waals surface area contributed by atoms with Crippen molar-refractivity contribution >= 4 is 12.0 Å². The van der Waals surface area contributed by atoms with Crippen molar-refractivity contribution in [2.75, 3.05) is 20.3 Å². The summed E-state index contributed by atoms with van der Waals surface area (Å²) in [6, 6.07) is 4.52. The maximum absolute atomic E-state index is 13.3. The monoisotopic (exact) mass is 319 g/mol. The average molecular weight is 319 g/mol. The molecule has 1 aromatic carbocycles. The largest absolute Gasteiger partial charge is 0.488 e. The molecule has 1 heterocycles. The highest BCUT2D eigenvalue weighted by Gasteiger charge is 2.28. The lowest BCUT2D eigenvalue weighted by molar-refractivity contribution is -0.129. The fourth-order valence-electron chi connectivity index (χ4n) is 3.38. The van der Waals surface area contributed by atoms with Crippen LogP contribution >= 0.6 is 0 Å². The first-order valence-electron chi connectivity index (χ1n) is 8.09. The van der Waals surface area contributed by atoms with Crippen LogP contribution < -0.4 is 4.74 Å². The number of carbonyl (C=O) groups excluding carboxylic acids is 1. The van der Waals surface area contributed by atoms with Crippen LogP contribution in [0.25, 0.3) is 6.08 Å². The number of hydrogen-bond acceptors (Lipinski definition) is 3. The van der Waals surface area contributed by atoms with Crippen LogP contribution in [0.15, 0.2) is 23.8 Å². The minimum absolute atomic E-state index is 0.0626. The van der Waals surface area contributed by atoms with Gasteiger partial charge >= 0.3 is 0 Å². The first-order chi connectivity index (χ1) is 11.1. The molecule has 4 nitrogen and oxygen atoms in total. The number of carbonyl (C=O) groups is 1. The zero-order valence-electron chi connectivity index (χ0n) is 13.3. The Labute approximate surface area is 135 Å². The van der Waals surface area contributed by atoms with Crippen molar-refractivity contribution in [1.82, 2.24) is 4.90 Å². The number of benzene rings is 1. The number of ether oxygens (including phenoxy) is 1. The van der Waals surface area contributed by atoms with Crippen LogP contribution in [-0.4, -0.2) is 42.2 Å². The average Bonchev–Trinajstić information content (AvgIpc) is 2.59. The van der Waals surface area contributed by atoms with E-state index in [2.05, 4.69) is 0 Å². The van der Waals surface area contributed by atoms with Crippen molar-refractivity contribution < 1.29 is 19.0 Å². The van der Waals surface area contributed by atoms with E-state index in [-0.39, 0.29) is 31.0 Å². The molecular formula is C18H22FNO3. The summed E-state index contributed by atoms with van der Waals surface area (Å²) in [5.41, 5.74) is 1.16. The summed E-state index contributed by atoms with van der Waals surface area (Å²) in [5, 5.41) is 9.21. The van der Waals surface area contributed by atoms with Gasteiger partial charge in [0.05, 0.1) is 5.57 Å². The molecule has 124 valence electrons. The van der Waals surface area contributed by atoms with Gasteiger partial charge in [0.2, 0.25) is 0 Å². The first-order valence-corrected chi connectivity index (χ1v) is 8.09. The maximum Gasteiger partial charge on any atom is 0.253 e. The highest BCUT2D eigenvalue weighted by Crippen LogP contribution is 2.30. The molecule has 0 radical (unpaired) electrons. The van der Waals surface area contributed by atoms with Gasteiger partial charge in [0, 0.05) is 25.3 Å². The lowest BCUT2D eigenvalue weighted by Crippen LogP contribution is -2.41. The van der Waals surface area contributed by atoms with E-state index in [4.69, 9.17) is 4.74 Å². The molecule has 0 saturated heterocycles. The third kappa shape index (κ3) is 3.39. The fourth-order valence-corrected chi connectivity index (χ4v) is 3.38. The first kappa shape index (κ1) is 16.0. The van der Waals surface area contributed by atoms with Gasteiger partial charge < -0.3 is 14.7 Å². The Morgan fingerprint density at radius 3 is 2.78 bits per heavy atom. The molecule has 1 aliphatic heterocycles. The van der Waals surface area contributed by atoms with Crippen molar-refractivity contribution in [3.8, 4) is 5.75 Å². The second-order valence-electron chi connectivity index (χ2n) is 6.41. The zero-order chi connectivity index (χ0) is 16.4. The predicted octanol–water partition coefficient (Wildman–Crippen LogP) is 2.61. The Balaban J connectivity index is 1.71. The fraction of sp³-hybridized carbons (Fsp3) is 0.500. The molecule has 0 unspecified atom stereocenters. The number of halogens is 1. The predicted molar refractivity (Wildman–Crippen MR) is 85.5 cm³/mol. The number of fused-ring (bicyclic) bond motifs is 1. The van der Waals surface area contributed by atoms with Crippen LogP contribution in [0.4, 0.5) is 4.39 Å². The Morgan fingerprint density at radius 1 is 1.35 bits per heavy atom. The van der Waals surface area contributed by atoms with E-state index in [0.29, 0.717) is 22.8 Å². The molecule has 0 aromatic heterocycles. The number of nitrogens with zero attached hydrogens (tertiary/aromatic N) is 1. The van der Waals surface area contributed by atoms with Gasteiger partial charge in [-0.1, -0.05) is 0 Å². The summed E-state index contributed by atoms with van der Waals surface area (Å²) < 4.78 is 18.9. The van der Waals surface area contributed by atoms with Crippen LogP contribution in [0.2, 0.25) is 0 Å². The lowest BCUT2D eigenvalue weighted by Gasteiger charge is -2.35. The van der Waals surface area contributed by atoms with Gasteiger partial charge in [-0.2, -0.15) is 0 Å². The third-order valence-electron chi connectivity index (χ3n) is 4.90. The van der Waals surface area contributed by atoms with Gasteiger partial charge in [0.1, 0.15) is 18.2 Å². The van der Waals surface area contributed by atoms with E-state index in [1.807, 2.05) is 7.05 Å². The zero-order valence-corrected chi connectivity index (χ0v) is 13.3.